The fourth-order valence-electron chi connectivity index (χ4n) is 3.06. The molecule has 0 spiro atoms. The molecule has 0 bridgehead atoms. The van der Waals surface area contributed by atoms with Gasteiger partial charge in [0.05, 0.1) is 11.3 Å². The van der Waals surface area contributed by atoms with Crippen LogP contribution in [0.15, 0.2) is 64.5 Å². The fraction of sp³-hybridized carbons (Fsp3) is 0.150. The molecule has 4 aromatic rings. The van der Waals surface area contributed by atoms with Gasteiger partial charge < -0.3 is 0 Å². The molecule has 0 aliphatic carbocycles. The molecule has 3 aromatic heterocycles. The standard InChI is InChI=1S/C20H14F3IN4O3S/c1-2-32(30,31)16-9-13(12-3-6-15(24)7-4-12)10-25-18(16)28-19(29)27-11-14(20(21,22)23)5-8-17(27)26-28/h3-11H,2H2,1H3. The van der Waals surface area contributed by atoms with Gasteiger partial charge in [0.25, 0.3) is 0 Å². The third-order valence-electron chi connectivity index (χ3n) is 4.77. The lowest BCUT2D eigenvalue weighted by atomic mass is 10.1. The number of hydrogen-bond donors (Lipinski definition) is 0. The molecule has 4 rings (SSSR count). The Morgan fingerprint density at radius 1 is 1.06 bits per heavy atom. The number of halogens is 4. The predicted molar refractivity (Wildman–Crippen MR) is 119 cm³/mol. The summed E-state index contributed by atoms with van der Waals surface area (Å²) < 4.78 is 67.1. The van der Waals surface area contributed by atoms with Gasteiger partial charge in [-0.1, -0.05) is 19.1 Å². The summed E-state index contributed by atoms with van der Waals surface area (Å²) >= 11 is 2.14. The van der Waals surface area contributed by atoms with Gasteiger partial charge in [0.15, 0.2) is 21.3 Å². The summed E-state index contributed by atoms with van der Waals surface area (Å²) in [7, 11) is -3.85. The van der Waals surface area contributed by atoms with Crippen LogP contribution in [-0.2, 0) is 16.0 Å². The number of pyridine rings is 2. The zero-order chi connectivity index (χ0) is 23.3. The summed E-state index contributed by atoms with van der Waals surface area (Å²) in [5.74, 6) is -0.540. The highest BCUT2D eigenvalue weighted by Gasteiger charge is 2.31. The maximum Gasteiger partial charge on any atom is 0.417 e. The monoisotopic (exact) mass is 574 g/mol. The first-order chi connectivity index (χ1) is 15.0. The van der Waals surface area contributed by atoms with Crippen molar-refractivity contribution >= 4 is 38.1 Å². The average Bonchev–Trinajstić information content (AvgIpc) is 3.09. The number of fused-ring (bicyclic) bond motifs is 1. The highest BCUT2D eigenvalue weighted by Crippen LogP contribution is 2.29. The molecule has 12 heteroatoms. The van der Waals surface area contributed by atoms with E-state index in [4.69, 9.17) is 0 Å². The van der Waals surface area contributed by atoms with Gasteiger partial charge >= 0.3 is 11.9 Å². The maximum absolute atomic E-state index is 13.0. The van der Waals surface area contributed by atoms with Crippen LogP contribution < -0.4 is 5.69 Å². The van der Waals surface area contributed by atoms with Crippen molar-refractivity contribution in [2.75, 3.05) is 5.75 Å². The first kappa shape index (κ1) is 22.5. The van der Waals surface area contributed by atoms with E-state index in [1.807, 2.05) is 12.1 Å². The molecule has 166 valence electrons. The van der Waals surface area contributed by atoms with Crippen LogP contribution in [0.3, 0.4) is 0 Å². The SMILES string of the molecule is CCS(=O)(=O)c1cc(-c2ccc(I)cc2)cnc1-n1nc2ccc(C(F)(F)F)cn2c1=O. The molecule has 32 heavy (non-hydrogen) atoms. The van der Waals surface area contributed by atoms with Crippen molar-refractivity contribution in [1.29, 1.82) is 0 Å². The highest BCUT2D eigenvalue weighted by molar-refractivity contribution is 14.1. The predicted octanol–water partition coefficient (Wildman–Crippen LogP) is 3.96. The van der Waals surface area contributed by atoms with Gasteiger partial charge in [-0.15, -0.1) is 5.10 Å². The molecule has 0 N–H and O–H groups in total. The number of alkyl halides is 3. The van der Waals surface area contributed by atoms with Crippen molar-refractivity contribution < 1.29 is 21.6 Å². The summed E-state index contributed by atoms with van der Waals surface area (Å²) in [6, 6.07) is 10.5. The first-order valence-corrected chi connectivity index (χ1v) is 11.9. The molecule has 0 radical (unpaired) electrons. The third kappa shape index (κ3) is 4.03. The Balaban J connectivity index is 1.95. The number of benzene rings is 1. The Morgan fingerprint density at radius 3 is 2.38 bits per heavy atom. The van der Waals surface area contributed by atoms with Gasteiger partial charge in [-0.25, -0.2) is 22.6 Å². The van der Waals surface area contributed by atoms with Gasteiger partial charge in [0, 0.05) is 21.5 Å². The van der Waals surface area contributed by atoms with Gasteiger partial charge in [-0.05, 0) is 58.5 Å². The summed E-state index contributed by atoms with van der Waals surface area (Å²) in [4.78, 5) is 16.8. The summed E-state index contributed by atoms with van der Waals surface area (Å²) in [5, 5.41) is 4.00. The van der Waals surface area contributed by atoms with Crippen molar-refractivity contribution in [3.8, 4) is 16.9 Å². The van der Waals surface area contributed by atoms with E-state index in [9.17, 15) is 26.4 Å². The highest BCUT2D eigenvalue weighted by atomic mass is 127. The van der Waals surface area contributed by atoms with E-state index in [1.165, 1.54) is 19.2 Å². The van der Waals surface area contributed by atoms with E-state index in [1.54, 1.807) is 12.1 Å². The van der Waals surface area contributed by atoms with Crippen molar-refractivity contribution in [1.82, 2.24) is 19.2 Å². The molecule has 3 heterocycles. The molecule has 0 saturated carbocycles. The molecule has 0 unspecified atom stereocenters. The quantitative estimate of drug-likeness (QED) is 0.345. The van der Waals surface area contributed by atoms with Crippen LogP contribution in [0.25, 0.3) is 22.6 Å². The van der Waals surface area contributed by atoms with E-state index in [-0.39, 0.29) is 22.1 Å². The maximum atomic E-state index is 13.0. The number of rotatable bonds is 4. The van der Waals surface area contributed by atoms with Gasteiger partial charge in [-0.3, -0.25) is 0 Å². The van der Waals surface area contributed by atoms with Crippen LogP contribution in [0, 0.1) is 3.57 Å². The Labute approximate surface area is 193 Å². The second-order valence-corrected chi connectivity index (χ2v) is 10.3. The van der Waals surface area contributed by atoms with Crippen LogP contribution in [0.1, 0.15) is 12.5 Å². The van der Waals surface area contributed by atoms with E-state index in [0.717, 1.165) is 15.7 Å². The minimum atomic E-state index is -4.65. The molecule has 1 aromatic carbocycles. The van der Waals surface area contributed by atoms with Crippen LogP contribution in [0.5, 0.6) is 0 Å². The Kier molecular flexibility index (Phi) is 5.61. The zero-order valence-electron chi connectivity index (χ0n) is 16.3. The number of hydrogen-bond acceptors (Lipinski definition) is 5. The van der Waals surface area contributed by atoms with Crippen molar-refractivity contribution in [3.63, 3.8) is 0 Å². The molecule has 0 aliphatic rings. The van der Waals surface area contributed by atoms with Gasteiger partial charge in [0.1, 0.15) is 4.90 Å². The molecular weight excluding hydrogens is 560 g/mol. The van der Waals surface area contributed by atoms with Crippen molar-refractivity contribution in [2.45, 2.75) is 18.0 Å². The largest absolute Gasteiger partial charge is 0.417 e. The molecule has 0 saturated heterocycles. The van der Waals surface area contributed by atoms with Gasteiger partial charge in [0.2, 0.25) is 0 Å². The van der Waals surface area contributed by atoms with E-state index < -0.39 is 27.3 Å². The number of sulfone groups is 1. The van der Waals surface area contributed by atoms with E-state index >= 15 is 0 Å². The van der Waals surface area contributed by atoms with E-state index in [0.29, 0.717) is 26.4 Å². The normalized spacial score (nSPS) is 12.4. The van der Waals surface area contributed by atoms with Crippen LogP contribution in [0.2, 0.25) is 0 Å². The smallest absolute Gasteiger partial charge is 0.249 e. The van der Waals surface area contributed by atoms with E-state index in [2.05, 4.69) is 32.7 Å². The molecule has 0 aliphatic heterocycles. The fourth-order valence-corrected chi connectivity index (χ4v) is 4.46. The van der Waals surface area contributed by atoms with Crippen molar-refractivity contribution in [3.05, 3.63) is 74.5 Å². The second kappa shape index (κ2) is 7.99. The lowest BCUT2D eigenvalue weighted by Crippen LogP contribution is -2.23. The zero-order valence-corrected chi connectivity index (χ0v) is 19.3. The molecular formula is C20H14F3IN4O3S. The molecule has 0 amide bonds. The molecule has 7 nitrogen and oxygen atoms in total. The average molecular weight is 574 g/mol. The summed E-state index contributed by atoms with van der Waals surface area (Å²) in [6.07, 6.45) is -2.64. The van der Waals surface area contributed by atoms with Crippen LogP contribution in [0.4, 0.5) is 13.2 Å². The Hall–Kier alpha value is -2.74. The molecule has 0 atom stereocenters. The minimum Gasteiger partial charge on any atom is -0.249 e. The second-order valence-electron chi connectivity index (χ2n) is 6.79. The minimum absolute atomic E-state index is 0.0774. The van der Waals surface area contributed by atoms with Gasteiger partial charge in [-0.2, -0.15) is 17.9 Å². The lowest BCUT2D eigenvalue weighted by Gasteiger charge is -2.10. The third-order valence-corrected chi connectivity index (χ3v) is 7.22. The van der Waals surface area contributed by atoms with Crippen LogP contribution in [-0.4, -0.2) is 33.3 Å². The molecule has 0 fully saturated rings. The summed E-state index contributed by atoms with van der Waals surface area (Å²) in [5.41, 5.74) is -0.850. The Morgan fingerprint density at radius 2 is 1.75 bits per heavy atom. The van der Waals surface area contributed by atoms with Crippen LogP contribution >= 0.6 is 22.6 Å². The summed E-state index contributed by atoms with van der Waals surface area (Å²) in [6.45, 7) is 1.44. The first-order valence-electron chi connectivity index (χ1n) is 9.19. The number of nitrogens with zero attached hydrogens (tertiary/aromatic N) is 4. The lowest BCUT2D eigenvalue weighted by molar-refractivity contribution is -0.137. The topological polar surface area (TPSA) is 86.3 Å². The van der Waals surface area contributed by atoms with Crippen molar-refractivity contribution in [2.24, 2.45) is 0 Å². The number of aromatic nitrogens is 4. The Bertz CT molecular complexity index is 1490.